The molecule has 1 aliphatic carbocycles. The molecule has 2 aromatic rings. The third-order valence-electron chi connectivity index (χ3n) is 5.55. The summed E-state index contributed by atoms with van der Waals surface area (Å²) >= 11 is 1.67. The Kier molecular flexibility index (Phi) is 6.36. The number of aromatic amines is 1. The molecule has 0 radical (unpaired) electrons. The van der Waals surface area contributed by atoms with Gasteiger partial charge in [0.25, 0.3) is 5.56 Å². The van der Waals surface area contributed by atoms with Gasteiger partial charge in [0.15, 0.2) is 11.6 Å². The molecule has 4 rings (SSSR count). The fourth-order valence-corrected chi connectivity index (χ4v) is 5.08. The number of nitrogens with one attached hydrogen (secondary N) is 2. The van der Waals surface area contributed by atoms with Gasteiger partial charge in [0.2, 0.25) is 0 Å². The molecule has 29 heavy (non-hydrogen) atoms. The number of nitrogens with zero attached hydrogens (tertiary/aromatic N) is 1. The highest BCUT2D eigenvalue weighted by Gasteiger charge is 2.23. The Morgan fingerprint density at radius 2 is 2.03 bits per heavy atom. The van der Waals surface area contributed by atoms with E-state index in [4.69, 9.17) is 4.74 Å². The number of hydrogen-bond donors (Lipinski definition) is 3. The molecule has 1 unspecified atom stereocenters. The number of aliphatic hydroxyl groups is 1. The molecule has 2 aliphatic rings. The number of anilines is 1. The lowest BCUT2D eigenvalue weighted by molar-refractivity contribution is 0.0875. The van der Waals surface area contributed by atoms with Gasteiger partial charge in [-0.15, -0.1) is 0 Å². The summed E-state index contributed by atoms with van der Waals surface area (Å²) in [7, 11) is 0. The van der Waals surface area contributed by atoms with Crippen molar-refractivity contribution in [2.45, 2.75) is 61.7 Å². The molecule has 1 aromatic heterocycles. The number of benzene rings is 1. The quantitative estimate of drug-likeness (QED) is 0.681. The smallest absolute Gasteiger partial charge is 0.261 e. The van der Waals surface area contributed by atoms with Gasteiger partial charge in [0, 0.05) is 17.9 Å². The number of fused-ring (bicyclic) bond motifs is 1. The standard InChI is InChI=1S/C20H25F2N3O3S/c21-18-15(23-11-2-1-7-28-9-11)8-14-17(19(18)22)20(27)25-16(24-14)10-29-13-5-3-12(26)4-6-13/h8,11-13,23,26H,1-7,9-10H2,(H,24,25,27). The number of hydrogen-bond acceptors (Lipinski definition) is 6. The Morgan fingerprint density at radius 1 is 1.24 bits per heavy atom. The summed E-state index contributed by atoms with van der Waals surface area (Å²) < 4.78 is 34.5. The molecule has 1 aromatic carbocycles. The number of rotatable bonds is 5. The van der Waals surface area contributed by atoms with Crippen molar-refractivity contribution in [2.75, 3.05) is 18.5 Å². The SMILES string of the molecule is O=c1[nH]c(CSC2CCC(O)CC2)nc2cc(NC3CCCOC3)c(F)c(F)c12. The molecule has 158 valence electrons. The predicted molar refractivity (Wildman–Crippen MR) is 109 cm³/mol. The van der Waals surface area contributed by atoms with Gasteiger partial charge in [-0.2, -0.15) is 11.8 Å². The highest BCUT2D eigenvalue weighted by molar-refractivity contribution is 7.99. The van der Waals surface area contributed by atoms with Crippen molar-refractivity contribution in [1.82, 2.24) is 9.97 Å². The molecule has 0 spiro atoms. The first-order valence-corrected chi connectivity index (χ1v) is 11.1. The number of aliphatic hydroxyl groups excluding tert-OH is 1. The van der Waals surface area contributed by atoms with E-state index in [1.54, 1.807) is 11.8 Å². The van der Waals surface area contributed by atoms with Crippen molar-refractivity contribution in [2.24, 2.45) is 0 Å². The van der Waals surface area contributed by atoms with E-state index >= 15 is 0 Å². The van der Waals surface area contributed by atoms with Gasteiger partial charge >= 0.3 is 0 Å². The van der Waals surface area contributed by atoms with Crippen LogP contribution in [0.15, 0.2) is 10.9 Å². The van der Waals surface area contributed by atoms with Crippen LogP contribution in [0.3, 0.4) is 0 Å². The van der Waals surface area contributed by atoms with Crippen LogP contribution in [-0.2, 0) is 10.5 Å². The number of ether oxygens (including phenoxy) is 1. The fraction of sp³-hybridized carbons (Fsp3) is 0.600. The molecular formula is C20H25F2N3O3S. The Hall–Kier alpha value is -1.71. The first-order valence-electron chi connectivity index (χ1n) is 10.1. The van der Waals surface area contributed by atoms with Gasteiger partial charge in [-0.3, -0.25) is 4.79 Å². The zero-order valence-electron chi connectivity index (χ0n) is 16.0. The van der Waals surface area contributed by atoms with Crippen LogP contribution in [0, 0.1) is 11.6 Å². The number of halogens is 2. The van der Waals surface area contributed by atoms with Crippen LogP contribution >= 0.6 is 11.8 Å². The molecule has 9 heteroatoms. The summed E-state index contributed by atoms with van der Waals surface area (Å²) in [6.45, 7) is 1.10. The minimum atomic E-state index is -1.18. The van der Waals surface area contributed by atoms with Crippen LogP contribution < -0.4 is 10.9 Å². The number of aromatic nitrogens is 2. The van der Waals surface area contributed by atoms with Crippen LogP contribution in [0.25, 0.3) is 10.9 Å². The zero-order valence-corrected chi connectivity index (χ0v) is 16.9. The maximum Gasteiger partial charge on any atom is 0.261 e. The molecule has 1 saturated heterocycles. The molecule has 1 atom stereocenters. The van der Waals surface area contributed by atoms with E-state index in [1.807, 2.05) is 0 Å². The number of H-pyrrole nitrogens is 1. The maximum atomic E-state index is 14.6. The molecule has 2 fully saturated rings. The predicted octanol–water partition coefficient (Wildman–Crippen LogP) is 3.33. The monoisotopic (exact) mass is 425 g/mol. The lowest BCUT2D eigenvalue weighted by atomic mass is 9.97. The van der Waals surface area contributed by atoms with Crippen molar-refractivity contribution < 1.29 is 18.6 Å². The van der Waals surface area contributed by atoms with E-state index in [-0.39, 0.29) is 28.7 Å². The largest absolute Gasteiger partial charge is 0.393 e. The average Bonchev–Trinajstić information content (AvgIpc) is 2.72. The molecule has 2 heterocycles. The third-order valence-corrected chi connectivity index (χ3v) is 6.93. The van der Waals surface area contributed by atoms with Crippen LogP contribution in [0.5, 0.6) is 0 Å². The van der Waals surface area contributed by atoms with E-state index in [0.717, 1.165) is 38.5 Å². The van der Waals surface area contributed by atoms with E-state index < -0.39 is 17.2 Å². The summed E-state index contributed by atoms with van der Waals surface area (Å²) in [4.78, 5) is 19.4. The van der Waals surface area contributed by atoms with Crippen LogP contribution in [0.1, 0.15) is 44.3 Å². The minimum absolute atomic E-state index is 0.00321. The third kappa shape index (κ3) is 4.73. The van der Waals surface area contributed by atoms with E-state index in [9.17, 15) is 18.7 Å². The normalized spacial score (nSPS) is 25.3. The van der Waals surface area contributed by atoms with Gasteiger partial charge in [0.05, 0.1) is 29.7 Å². The van der Waals surface area contributed by atoms with Crippen molar-refractivity contribution in [3.05, 3.63) is 33.9 Å². The average molecular weight is 426 g/mol. The minimum Gasteiger partial charge on any atom is -0.393 e. The zero-order chi connectivity index (χ0) is 20.4. The van der Waals surface area contributed by atoms with Crippen LogP contribution in [0.4, 0.5) is 14.5 Å². The first-order chi connectivity index (χ1) is 14.0. The van der Waals surface area contributed by atoms with Crippen molar-refractivity contribution >= 4 is 28.4 Å². The molecule has 3 N–H and O–H groups in total. The van der Waals surface area contributed by atoms with E-state index in [0.29, 0.717) is 30.0 Å². The van der Waals surface area contributed by atoms with Gasteiger partial charge in [-0.05, 0) is 44.6 Å². The van der Waals surface area contributed by atoms with Gasteiger partial charge < -0.3 is 20.1 Å². The highest BCUT2D eigenvalue weighted by atomic mass is 32.2. The Balaban J connectivity index is 1.56. The van der Waals surface area contributed by atoms with Crippen molar-refractivity contribution in [3.8, 4) is 0 Å². The second-order valence-electron chi connectivity index (χ2n) is 7.76. The van der Waals surface area contributed by atoms with E-state index in [2.05, 4.69) is 15.3 Å². The van der Waals surface area contributed by atoms with Gasteiger partial charge in [0.1, 0.15) is 11.2 Å². The summed E-state index contributed by atoms with van der Waals surface area (Å²) in [5, 5.41) is 12.6. The molecule has 0 bridgehead atoms. The summed E-state index contributed by atoms with van der Waals surface area (Å²) in [6, 6.07) is 1.30. The second kappa shape index (κ2) is 8.97. The summed E-state index contributed by atoms with van der Waals surface area (Å²) in [5.74, 6) is -1.34. The van der Waals surface area contributed by atoms with E-state index in [1.165, 1.54) is 6.07 Å². The molecular weight excluding hydrogens is 400 g/mol. The second-order valence-corrected chi connectivity index (χ2v) is 9.05. The van der Waals surface area contributed by atoms with Gasteiger partial charge in [-0.1, -0.05) is 0 Å². The Labute approximate surface area is 171 Å². The van der Waals surface area contributed by atoms with Crippen molar-refractivity contribution in [3.63, 3.8) is 0 Å². The summed E-state index contributed by atoms with van der Waals surface area (Å²) in [6.07, 6.45) is 4.84. The lowest BCUT2D eigenvalue weighted by Crippen LogP contribution is -2.30. The molecule has 6 nitrogen and oxygen atoms in total. The van der Waals surface area contributed by atoms with Crippen LogP contribution in [0.2, 0.25) is 0 Å². The van der Waals surface area contributed by atoms with Crippen LogP contribution in [-0.4, -0.2) is 45.7 Å². The Bertz CT molecular complexity index is 925. The van der Waals surface area contributed by atoms with Gasteiger partial charge in [-0.25, -0.2) is 13.8 Å². The molecule has 1 saturated carbocycles. The highest BCUT2D eigenvalue weighted by Crippen LogP contribution is 2.31. The molecule has 1 aliphatic heterocycles. The lowest BCUT2D eigenvalue weighted by Gasteiger charge is -2.25. The number of thioether (sulfide) groups is 1. The van der Waals surface area contributed by atoms with Crippen molar-refractivity contribution in [1.29, 1.82) is 0 Å². The Morgan fingerprint density at radius 3 is 2.76 bits per heavy atom. The fourth-order valence-electron chi connectivity index (χ4n) is 3.94. The topological polar surface area (TPSA) is 87.2 Å². The first kappa shape index (κ1) is 20.6. The maximum absolute atomic E-state index is 14.6. The molecule has 0 amide bonds. The summed E-state index contributed by atoms with van der Waals surface area (Å²) in [5.41, 5.74) is -0.529.